The van der Waals surface area contributed by atoms with Gasteiger partial charge in [-0.15, -0.1) is 0 Å². The quantitative estimate of drug-likeness (QED) is 0.806. The lowest BCUT2D eigenvalue weighted by Crippen LogP contribution is -2.57. The van der Waals surface area contributed by atoms with Crippen molar-refractivity contribution in [3.8, 4) is 0 Å². The van der Waals surface area contributed by atoms with E-state index in [4.69, 9.17) is 12.2 Å². The van der Waals surface area contributed by atoms with Crippen LogP contribution in [0.1, 0.15) is 57.4 Å². The van der Waals surface area contributed by atoms with Crippen LogP contribution in [0.25, 0.3) is 0 Å². The van der Waals surface area contributed by atoms with Crippen LogP contribution in [0.2, 0.25) is 0 Å². The number of benzene rings is 1. The number of nitrogens with one attached hydrogen (secondary N) is 2. The van der Waals surface area contributed by atoms with E-state index in [9.17, 15) is 0 Å². The van der Waals surface area contributed by atoms with Gasteiger partial charge < -0.3 is 10.6 Å². The van der Waals surface area contributed by atoms with E-state index in [-0.39, 0.29) is 0 Å². The Labute approximate surface area is 151 Å². The molecule has 2 N–H and O–H groups in total. The van der Waals surface area contributed by atoms with Crippen LogP contribution in [0.15, 0.2) is 24.3 Å². The molecule has 1 aromatic carbocycles. The summed E-state index contributed by atoms with van der Waals surface area (Å²) in [6.07, 6.45) is 10.6. The van der Waals surface area contributed by atoms with Crippen molar-refractivity contribution >= 4 is 23.0 Å². The zero-order valence-electron chi connectivity index (χ0n) is 14.6. The van der Waals surface area contributed by atoms with Gasteiger partial charge in [-0.2, -0.15) is 0 Å². The van der Waals surface area contributed by atoms with Crippen LogP contribution in [0, 0.1) is 0 Å². The molecule has 1 aliphatic carbocycles. The number of hydrogen-bond donors (Lipinski definition) is 2. The van der Waals surface area contributed by atoms with Crippen molar-refractivity contribution in [2.24, 2.45) is 0 Å². The molecule has 4 rings (SSSR count). The zero-order valence-corrected chi connectivity index (χ0v) is 15.4. The molecule has 0 unspecified atom stereocenters. The van der Waals surface area contributed by atoms with Crippen LogP contribution >= 0.6 is 12.2 Å². The lowest BCUT2D eigenvalue weighted by molar-refractivity contribution is 0.0209. The van der Waals surface area contributed by atoms with E-state index in [0.29, 0.717) is 6.04 Å². The zero-order chi connectivity index (χ0) is 16.5. The number of thiocarbonyl (C=S) groups is 1. The molecule has 130 valence electrons. The Morgan fingerprint density at radius 2 is 1.71 bits per heavy atom. The van der Waals surface area contributed by atoms with Gasteiger partial charge in [-0.05, 0) is 74.9 Å². The fraction of sp³-hybridized carbons (Fsp3) is 0.650. The number of hydrogen-bond acceptors (Lipinski definition) is 2. The van der Waals surface area contributed by atoms with Crippen LogP contribution in [0.5, 0.6) is 0 Å². The Morgan fingerprint density at radius 1 is 1.04 bits per heavy atom. The van der Waals surface area contributed by atoms with Gasteiger partial charge in [0.15, 0.2) is 5.11 Å². The standard InChI is InChI=1S/C20H29N3S/c1-2-14-6-8-15(9-7-14)21-20(24)22-16-12-18-4-3-5-19(13-16)23(18)17-10-11-17/h6-9,16-19H,2-5,10-13H2,1H3,(H2,21,22,24)/t18-,19-/m0/s1. The summed E-state index contributed by atoms with van der Waals surface area (Å²) in [5, 5.41) is 7.74. The summed E-state index contributed by atoms with van der Waals surface area (Å²) >= 11 is 5.57. The molecule has 0 aromatic heterocycles. The van der Waals surface area contributed by atoms with Gasteiger partial charge in [0.25, 0.3) is 0 Å². The number of rotatable bonds is 4. The van der Waals surface area contributed by atoms with Crippen molar-refractivity contribution in [3.63, 3.8) is 0 Å². The SMILES string of the molecule is CCc1ccc(NC(=S)NC2C[C@@H]3CCC[C@@H](C2)N3C2CC2)cc1. The van der Waals surface area contributed by atoms with Crippen LogP contribution in [0.3, 0.4) is 0 Å². The van der Waals surface area contributed by atoms with E-state index in [1.807, 2.05) is 0 Å². The Hall–Kier alpha value is -1.13. The van der Waals surface area contributed by atoms with Crippen LogP contribution < -0.4 is 10.6 Å². The molecule has 3 aliphatic rings. The van der Waals surface area contributed by atoms with Gasteiger partial charge in [-0.3, -0.25) is 4.90 Å². The van der Waals surface area contributed by atoms with Gasteiger partial charge in [0.05, 0.1) is 0 Å². The second-order valence-corrected chi connectivity index (χ2v) is 8.14. The number of aryl methyl sites for hydroxylation is 1. The van der Waals surface area contributed by atoms with E-state index in [1.165, 1.54) is 50.5 Å². The summed E-state index contributed by atoms with van der Waals surface area (Å²) < 4.78 is 0. The Kier molecular flexibility index (Phi) is 4.77. The van der Waals surface area contributed by atoms with Crippen molar-refractivity contribution in [2.45, 2.75) is 82.5 Å². The molecule has 2 saturated heterocycles. The highest BCUT2D eigenvalue weighted by Gasteiger charge is 2.44. The topological polar surface area (TPSA) is 27.3 Å². The van der Waals surface area contributed by atoms with E-state index in [1.54, 1.807) is 0 Å². The summed E-state index contributed by atoms with van der Waals surface area (Å²) in [5.41, 5.74) is 2.44. The first-order chi connectivity index (χ1) is 11.7. The molecule has 2 aliphatic heterocycles. The summed E-state index contributed by atoms with van der Waals surface area (Å²) in [6.45, 7) is 2.18. The van der Waals surface area contributed by atoms with Gasteiger partial charge in [0.2, 0.25) is 0 Å². The minimum absolute atomic E-state index is 0.533. The largest absolute Gasteiger partial charge is 0.360 e. The summed E-state index contributed by atoms with van der Waals surface area (Å²) in [6, 6.07) is 11.6. The molecule has 0 spiro atoms. The van der Waals surface area contributed by atoms with Gasteiger partial charge >= 0.3 is 0 Å². The first kappa shape index (κ1) is 16.3. The minimum atomic E-state index is 0.533. The molecule has 24 heavy (non-hydrogen) atoms. The Balaban J connectivity index is 1.32. The normalized spacial score (nSPS) is 30.0. The van der Waals surface area contributed by atoms with Gasteiger partial charge in [0, 0.05) is 29.9 Å². The lowest BCUT2D eigenvalue weighted by atomic mass is 9.81. The molecule has 0 amide bonds. The summed E-state index contributed by atoms with van der Waals surface area (Å²) in [7, 11) is 0. The van der Waals surface area contributed by atoms with Gasteiger partial charge in [0.1, 0.15) is 0 Å². The van der Waals surface area contributed by atoms with E-state index in [2.05, 4.69) is 46.7 Å². The predicted octanol–water partition coefficient (Wildman–Crippen LogP) is 4.08. The second-order valence-electron chi connectivity index (χ2n) is 7.73. The van der Waals surface area contributed by atoms with Crippen molar-refractivity contribution in [1.29, 1.82) is 0 Å². The fourth-order valence-electron chi connectivity index (χ4n) is 4.68. The molecule has 2 heterocycles. The third-order valence-corrected chi connectivity index (χ3v) is 6.17. The first-order valence-corrected chi connectivity index (χ1v) is 10.1. The molecular formula is C20H29N3S. The van der Waals surface area contributed by atoms with Crippen LogP contribution in [0.4, 0.5) is 5.69 Å². The smallest absolute Gasteiger partial charge is 0.170 e. The number of anilines is 1. The highest BCUT2D eigenvalue weighted by atomic mass is 32.1. The van der Waals surface area contributed by atoms with E-state index < -0.39 is 0 Å². The second kappa shape index (κ2) is 7.01. The van der Waals surface area contributed by atoms with Gasteiger partial charge in [-0.25, -0.2) is 0 Å². The van der Waals surface area contributed by atoms with Crippen molar-refractivity contribution in [2.75, 3.05) is 5.32 Å². The minimum Gasteiger partial charge on any atom is -0.360 e. The molecule has 0 radical (unpaired) electrons. The van der Waals surface area contributed by atoms with Crippen LogP contribution in [-0.4, -0.2) is 34.2 Å². The molecule has 1 saturated carbocycles. The van der Waals surface area contributed by atoms with Crippen LogP contribution in [-0.2, 0) is 6.42 Å². The third-order valence-electron chi connectivity index (χ3n) is 5.95. The number of piperidine rings is 2. The predicted molar refractivity (Wildman–Crippen MR) is 104 cm³/mol. The highest BCUT2D eigenvalue weighted by Crippen LogP contribution is 2.41. The highest BCUT2D eigenvalue weighted by molar-refractivity contribution is 7.80. The van der Waals surface area contributed by atoms with E-state index in [0.717, 1.165) is 35.3 Å². The number of nitrogens with zero attached hydrogens (tertiary/aromatic N) is 1. The average Bonchev–Trinajstić information content (AvgIpc) is 3.39. The Bertz CT molecular complexity index is 567. The monoisotopic (exact) mass is 343 g/mol. The molecule has 2 atom stereocenters. The Morgan fingerprint density at radius 3 is 2.29 bits per heavy atom. The van der Waals surface area contributed by atoms with E-state index >= 15 is 0 Å². The maximum atomic E-state index is 5.57. The maximum Gasteiger partial charge on any atom is 0.170 e. The van der Waals surface area contributed by atoms with Crippen molar-refractivity contribution in [1.82, 2.24) is 10.2 Å². The fourth-order valence-corrected chi connectivity index (χ4v) is 4.97. The average molecular weight is 344 g/mol. The number of fused-ring (bicyclic) bond motifs is 2. The lowest BCUT2D eigenvalue weighted by Gasteiger charge is -2.49. The molecule has 4 heteroatoms. The molecule has 3 fully saturated rings. The molecule has 2 bridgehead atoms. The molecular weight excluding hydrogens is 314 g/mol. The van der Waals surface area contributed by atoms with Gasteiger partial charge in [-0.1, -0.05) is 25.5 Å². The van der Waals surface area contributed by atoms with Crippen molar-refractivity contribution < 1.29 is 0 Å². The maximum absolute atomic E-state index is 5.57. The van der Waals surface area contributed by atoms with Crippen molar-refractivity contribution in [3.05, 3.63) is 29.8 Å². The summed E-state index contributed by atoms with van der Waals surface area (Å²) in [5.74, 6) is 0. The third kappa shape index (κ3) is 3.60. The molecule has 3 nitrogen and oxygen atoms in total. The summed E-state index contributed by atoms with van der Waals surface area (Å²) in [4.78, 5) is 2.86. The molecule has 1 aromatic rings. The first-order valence-electron chi connectivity index (χ1n) is 9.67.